The first-order valence-electron chi connectivity index (χ1n) is 5.20. The molecule has 2 rings (SSSR count). The van der Waals surface area contributed by atoms with Crippen LogP contribution in [-0.2, 0) is 4.79 Å². The van der Waals surface area contributed by atoms with Crippen LogP contribution in [0.4, 0.5) is 5.13 Å². The number of carbonyl (C=O) groups is 1. The summed E-state index contributed by atoms with van der Waals surface area (Å²) in [5, 5.41) is 5.09. The summed E-state index contributed by atoms with van der Waals surface area (Å²) >= 11 is 1.36. The molecule has 1 amide bonds. The number of aromatic nitrogens is 1. The number of rotatable bonds is 4. The molecule has 2 heterocycles. The molecule has 1 atom stereocenters. The second-order valence-electron chi connectivity index (χ2n) is 3.74. The zero-order valence-corrected chi connectivity index (χ0v) is 10.2. The summed E-state index contributed by atoms with van der Waals surface area (Å²) in [5.74, 6) is 0.564. The molecule has 0 radical (unpaired) electrons. The Labute approximate surface area is 103 Å². The summed E-state index contributed by atoms with van der Waals surface area (Å²) in [7, 11) is 0. The van der Waals surface area contributed by atoms with Crippen molar-refractivity contribution in [2.45, 2.75) is 19.4 Å². The molecule has 0 saturated heterocycles. The molecular weight excluding hydrogens is 238 g/mol. The first-order chi connectivity index (χ1) is 8.15. The maximum atomic E-state index is 11.5. The molecule has 0 aliphatic rings. The molecule has 90 valence electrons. The number of furan rings is 1. The Morgan fingerprint density at radius 1 is 1.71 bits per heavy atom. The predicted octanol–water partition coefficient (Wildman–Crippen LogP) is 2.08. The van der Waals surface area contributed by atoms with E-state index in [1.54, 1.807) is 19.3 Å². The average molecular weight is 251 g/mol. The highest BCUT2D eigenvalue weighted by Gasteiger charge is 2.10. The Balaban J connectivity index is 2.02. The third-order valence-electron chi connectivity index (χ3n) is 2.03. The average Bonchev–Trinajstić information content (AvgIpc) is 2.84. The fourth-order valence-electron chi connectivity index (χ4n) is 1.33. The van der Waals surface area contributed by atoms with Crippen LogP contribution >= 0.6 is 11.3 Å². The predicted molar refractivity (Wildman–Crippen MR) is 66.7 cm³/mol. The zero-order valence-electron chi connectivity index (χ0n) is 9.34. The maximum Gasteiger partial charge on any atom is 0.227 e. The van der Waals surface area contributed by atoms with Crippen molar-refractivity contribution in [1.29, 1.82) is 0 Å². The molecule has 0 aliphatic carbocycles. The molecule has 0 bridgehead atoms. The van der Waals surface area contributed by atoms with E-state index < -0.39 is 0 Å². The molecule has 0 fully saturated rings. The molecule has 0 spiro atoms. The Kier molecular flexibility index (Phi) is 3.55. The summed E-state index contributed by atoms with van der Waals surface area (Å²) in [6.07, 6.45) is 1.87. The molecule has 0 aliphatic heterocycles. The second-order valence-corrected chi connectivity index (χ2v) is 4.60. The van der Waals surface area contributed by atoms with Gasteiger partial charge in [0.1, 0.15) is 5.69 Å². The van der Waals surface area contributed by atoms with Gasteiger partial charge in [-0.2, -0.15) is 0 Å². The normalized spacial score (nSPS) is 12.4. The van der Waals surface area contributed by atoms with Gasteiger partial charge in [-0.3, -0.25) is 4.79 Å². The van der Waals surface area contributed by atoms with E-state index in [0.717, 1.165) is 5.69 Å². The van der Waals surface area contributed by atoms with Crippen LogP contribution in [0.1, 0.15) is 13.3 Å². The van der Waals surface area contributed by atoms with E-state index in [1.165, 1.54) is 11.3 Å². The smallest absolute Gasteiger partial charge is 0.227 e. The summed E-state index contributed by atoms with van der Waals surface area (Å²) in [5.41, 5.74) is 6.26. The molecule has 1 unspecified atom stereocenters. The molecule has 2 aromatic heterocycles. The highest BCUT2D eigenvalue weighted by Crippen LogP contribution is 2.25. The Hall–Kier alpha value is -1.66. The number of nitrogens with one attached hydrogen (secondary N) is 1. The quantitative estimate of drug-likeness (QED) is 0.871. The van der Waals surface area contributed by atoms with Crippen LogP contribution in [0, 0.1) is 0 Å². The van der Waals surface area contributed by atoms with Gasteiger partial charge >= 0.3 is 0 Å². The molecule has 0 saturated carbocycles. The van der Waals surface area contributed by atoms with Crippen molar-refractivity contribution in [2.24, 2.45) is 5.73 Å². The van der Waals surface area contributed by atoms with E-state index in [9.17, 15) is 4.79 Å². The van der Waals surface area contributed by atoms with Crippen molar-refractivity contribution >= 4 is 22.4 Å². The van der Waals surface area contributed by atoms with E-state index >= 15 is 0 Å². The van der Waals surface area contributed by atoms with E-state index in [-0.39, 0.29) is 18.4 Å². The standard InChI is InChI=1S/C11H13N3O2S/c1-7(12)5-10(15)14-11-13-8(6-17-11)9-3-2-4-16-9/h2-4,6-7H,5,12H2,1H3,(H,13,14,15). The third-order valence-corrected chi connectivity index (χ3v) is 2.79. The number of anilines is 1. The van der Waals surface area contributed by atoms with Crippen LogP contribution in [0.25, 0.3) is 11.5 Å². The van der Waals surface area contributed by atoms with Crippen LogP contribution in [0.15, 0.2) is 28.2 Å². The minimum atomic E-state index is -0.153. The van der Waals surface area contributed by atoms with Gasteiger partial charge in [-0.15, -0.1) is 11.3 Å². The number of thiazole rings is 1. The van der Waals surface area contributed by atoms with Crippen molar-refractivity contribution in [1.82, 2.24) is 4.98 Å². The highest BCUT2D eigenvalue weighted by atomic mass is 32.1. The lowest BCUT2D eigenvalue weighted by molar-refractivity contribution is -0.116. The number of nitrogens with two attached hydrogens (primary N) is 1. The van der Waals surface area contributed by atoms with Gasteiger partial charge < -0.3 is 15.5 Å². The first kappa shape index (κ1) is 11.8. The number of hydrogen-bond acceptors (Lipinski definition) is 5. The summed E-state index contributed by atoms with van der Waals surface area (Å²) < 4.78 is 5.21. The fourth-order valence-corrected chi connectivity index (χ4v) is 2.05. The minimum Gasteiger partial charge on any atom is -0.463 e. The van der Waals surface area contributed by atoms with Gasteiger partial charge in [0, 0.05) is 17.8 Å². The van der Waals surface area contributed by atoms with Gasteiger partial charge in [0.05, 0.1) is 6.26 Å². The van der Waals surface area contributed by atoms with Crippen molar-refractivity contribution in [3.63, 3.8) is 0 Å². The Morgan fingerprint density at radius 3 is 3.18 bits per heavy atom. The van der Waals surface area contributed by atoms with Crippen LogP contribution in [0.2, 0.25) is 0 Å². The van der Waals surface area contributed by atoms with Gasteiger partial charge in [0.2, 0.25) is 5.91 Å². The number of carbonyl (C=O) groups excluding carboxylic acids is 1. The molecular formula is C11H13N3O2S. The van der Waals surface area contributed by atoms with Gasteiger partial charge in [-0.25, -0.2) is 4.98 Å². The lowest BCUT2D eigenvalue weighted by Crippen LogP contribution is -2.23. The summed E-state index contributed by atoms with van der Waals surface area (Å²) in [6.45, 7) is 1.79. The summed E-state index contributed by atoms with van der Waals surface area (Å²) in [6, 6.07) is 3.46. The van der Waals surface area contributed by atoms with Gasteiger partial charge in [-0.05, 0) is 19.1 Å². The van der Waals surface area contributed by atoms with Gasteiger partial charge in [-0.1, -0.05) is 0 Å². The lowest BCUT2D eigenvalue weighted by atomic mass is 10.2. The highest BCUT2D eigenvalue weighted by molar-refractivity contribution is 7.14. The number of amides is 1. The monoisotopic (exact) mass is 251 g/mol. The largest absolute Gasteiger partial charge is 0.463 e. The van der Waals surface area contributed by atoms with Crippen LogP contribution in [-0.4, -0.2) is 16.9 Å². The Morgan fingerprint density at radius 2 is 2.53 bits per heavy atom. The molecule has 3 N–H and O–H groups in total. The SMILES string of the molecule is CC(N)CC(=O)Nc1nc(-c2ccco2)cs1. The lowest BCUT2D eigenvalue weighted by Gasteiger charge is -2.03. The van der Waals surface area contributed by atoms with Crippen LogP contribution < -0.4 is 11.1 Å². The maximum absolute atomic E-state index is 11.5. The van der Waals surface area contributed by atoms with Crippen LogP contribution in [0.3, 0.4) is 0 Å². The minimum absolute atomic E-state index is 0.125. The van der Waals surface area contributed by atoms with Crippen molar-refractivity contribution < 1.29 is 9.21 Å². The fraction of sp³-hybridized carbons (Fsp3) is 0.273. The molecule has 5 nitrogen and oxygen atoms in total. The Bertz CT molecular complexity index is 491. The molecule has 17 heavy (non-hydrogen) atoms. The van der Waals surface area contributed by atoms with E-state index in [4.69, 9.17) is 10.2 Å². The van der Waals surface area contributed by atoms with Crippen molar-refractivity contribution in [2.75, 3.05) is 5.32 Å². The van der Waals surface area contributed by atoms with Gasteiger partial charge in [0.15, 0.2) is 10.9 Å². The van der Waals surface area contributed by atoms with Crippen molar-refractivity contribution in [3.05, 3.63) is 23.8 Å². The van der Waals surface area contributed by atoms with Crippen LogP contribution in [0.5, 0.6) is 0 Å². The van der Waals surface area contributed by atoms with E-state index in [2.05, 4.69) is 10.3 Å². The van der Waals surface area contributed by atoms with E-state index in [1.807, 2.05) is 11.4 Å². The zero-order chi connectivity index (χ0) is 12.3. The van der Waals surface area contributed by atoms with Crippen molar-refractivity contribution in [3.8, 4) is 11.5 Å². The first-order valence-corrected chi connectivity index (χ1v) is 6.08. The number of hydrogen-bond donors (Lipinski definition) is 2. The number of nitrogens with zero attached hydrogens (tertiary/aromatic N) is 1. The molecule has 6 heteroatoms. The molecule has 2 aromatic rings. The second kappa shape index (κ2) is 5.11. The third kappa shape index (κ3) is 3.15. The topological polar surface area (TPSA) is 81.2 Å². The molecule has 0 aromatic carbocycles. The van der Waals surface area contributed by atoms with Gasteiger partial charge in [0.25, 0.3) is 0 Å². The summed E-state index contributed by atoms with van der Waals surface area (Å²) in [4.78, 5) is 15.7. The van der Waals surface area contributed by atoms with E-state index in [0.29, 0.717) is 10.9 Å².